The van der Waals surface area contributed by atoms with Crippen molar-refractivity contribution in [2.45, 2.75) is 0 Å². The Morgan fingerprint density at radius 3 is 2.16 bits per heavy atom. The molecule has 3 aromatic rings. The van der Waals surface area contributed by atoms with Gasteiger partial charge in [-0.05, 0) is 69.8 Å². The van der Waals surface area contributed by atoms with Crippen LogP contribution in [0, 0.1) is 5.82 Å². The van der Waals surface area contributed by atoms with Crippen molar-refractivity contribution in [2.75, 3.05) is 10.6 Å². The second-order valence-electron chi connectivity index (χ2n) is 5.09. The SMILES string of the molecule is O=C(Nc1ccc(NC(=O)c2cc(F)ccc2Br)cc1)c1cccs1. The Morgan fingerprint density at radius 1 is 0.920 bits per heavy atom. The van der Waals surface area contributed by atoms with Gasteiger partial charge in [-0.1, -0.05) is 6.07 Å². The van der Waals surface area contributed by atoms with E-state index in [-0.39, 0.29) is 11.5 Å². The molecule has 0 bridgehead atoms. The van der Waals surface area contributed by atoms with Gasteiger partial charge in [0, 0.05) is 15.8 Å². The van der Waals surface area contributed by atoms with Crippen molar-refractivity contribution < 1.29 is 14.0 Å². The van der Waals surface area contributed by atoms with E-state index in [1.807, 2.05) is 11.4 Å². The molecule has 126 valence electrons. The highest BCUT2D eigenvalue weighted by atomic mass is 79.9. The first-order chi connectivity index (χ1) is 12.0. The summed E-state index contributed by atoms with van der Waals surface area (Å²) < 4.78 is 13.8. The molecule has 4 nitrogen and oxygen atoms in total. The minimum absolute atomic E-state index is 0.185. The summed E-state index contributed by atoms with van der Waals surface area (Å²) in [5.41, 5.74) is 1.36. The summed E-state index contributed by atoms with van der Waals surface area (Å²) in [6.45, 7) is 0. The quantitative estimate of drug-likeness (QED) is 0.614. The molecule has 0 spiro atoms. The van der Waals surface area contributed by atoms with E-state index in [9.17, 15) is 14.0 Å². The maximum absolute atomic E-state index is 13.3. The first-order valence-corrected chi connectivity index (χ1v) is 8.91. The Bertz CT molecular complexity index is 911. The summed E-state index contributed by atoms with van der Waals surface area (Å²) in [6.07, 6.45) is 0. The van der Waals surface area contributed by atoms with Crippen LogP contribution in [0.2, 0.25) is 0 Å². The maximum Gasteiger partial charge on any atom is 0.265 e. The van der Waals surface area contributed by atoms with Crippen LogP contribution >= 0.6 is 27.3 Å². The molecule has 0 saturated heterocycles. The van der Waals surface area contributed by atoms with Crippen molar-refractivity contribution in [3.05, 3.63) is 80.7 Å². The van der Waals surface area contributed by atoms with E-state index in [2.05, 4.69) is 26.6 Å². The Kier molecular flexibility index (Phi) is 5.25. The molecule has 25 heavy (non-hydrogen) atoms. The van der Waals surface area contributed by atoms with Crippen LogP contribution < -0.4 is 10.6 Å². The first kappa shape index (κ1) is 17.3. The van der Waals surface area contributed by atoms with Crippen LogP contribution in [0.5, 0.6) is 0 Å². The lowest BCUT2D eigenvalue weighted by molar-refractivity contribution is 0.101. The van der Waals surface area contributed by atoms with Gasteiger partial charge in [-0.3, -0.25) is 9.59 Å². The van der Waals surface area contributed by atoms with Gasteiger partial charge in [0.05, 0.1) is 10.4 Å². The number of hydrogen-bond donors (Lipinski definition) is 2. The number of thiophene rings is 1. The van der Waals surface area contributed by atoms with Crippen molar-refractivity contribution in [1.82, 2.24) is 0 Å². The van der Waals surface area contributed by atoms with Crippen LogP contribution in [0.3, 0.4) is 0 Å². The number of nitrogens with one attached hydrogen (secondary N) is 2. The molecule has 0 aliphatic rings. The van der Waals surface area contributed by atoms with E-state index >= 15 is 0 Å². The van der Waals surface area contributed by atoms with Gasteiger partial charge in [0.1, 0.15) is 5.82 Å². The predicted molar refractivity (Wildman–Crippen MR) is 101 cm³/mol. The van der Waals surface area contributed by atoms with E-state index in [0.717, 1.165) is 6.07 Å². The third-order valence-corrected chi connectivity index (χ3v) is 4.88. The summed E-state index contributed by atoms with van der Waals surface area (Å²) in [4.78, 5) is 24.8. The maximum atomic E-state index is 13.3. The minimum Gasteiger partial charge on any atom is -0.322 e. The Balaban J connectivity index is 1.67. The summed E-state index contributed by atoms with van der Waals surface area (Å²) in [5.74, 6) is -1.10. The van der Waals surface area contributed by atoms with Gasteiger partial charge in [-0.15, -0.1) is 11.3 Å². The van der Waals surface area contributed by atoms with Gasteiger partial charge >= 0.3 is 0 Å². The second kappa shape index (κ2) is 7.58. The minimum atomic E-state index is -0.486. The van der Waals surface area contributed by atoms with Gasteiger partial charge in [-0.2, -0.15) is 0 Å². The van der Waals surface area contributed by atoms with Crippen LogP contribution in [0.25, 0.3) is 0 Å². The van der Waals surface area contributed by atoms with E-state index in [0.29, 0.717) is 20.7 Å². The molecule has 3 rings (SSSR count). The molecule has 0 fully saturated rings. The number of carbonyl (C=O) groups excluding carboxylic acids is 2. The number of halogens is 2. The van der Waals surface area contributed by atoms with Crippen LogP contribution in [0.15, 0.2) is 64.5 Å². The van der Waals surface area contributed by atoms with Gasteiger partial charge in [0.2, 0.25) is 0 Å². The van der Waals surface area contributed by atoms with Gasteiger partial charge in [-0.25, -0.2) is 4.39 Å². The number of carbonyl (C=O) groups is 2. The van der Waals surface area contributed by atoms with Crippen LogP contribution in [0.4, 0.5) is 15.8 Å². The average molecular weight is 419 g/mol. The topological polar surface area (TPSA) is 58.2 Å². The molecule has 0 saturated carbocycles. The molecule has 1 aromatic heterocycles. The Morgan fingerprint density at radius 2 is 1.56 bits per heavy atom. The van der Waals surface area contributed by atoms with Crippen molar-refractivity contribution in [1.29, 1.82) is 0 Å². The fourth-order valence-corrected chi connectivity index (χ4v) is 3.15. The molecule has 2 aromatic carbocycles. The Hall–Kier alpha value is -2.51. The predicted octanol–water partition coefficient (Wildman–Crippen LogP) is 5.15. The molecular weight excluding hydrogens is 407 g/mol. The molecule has 2 amide bonds. The summed E-state index contributed by atoms with van der Waals surface area (Å²) in [7, 11) is 0. The second-order valence-corrected chi connectivity index (χ2v) is 6.89. The summed E-state index contributed by atoms with van der Waals surface area (Å²) >= 11 is 4.59. The van der Waals surface area contributed by atoms with Crippen molar-refractivity contribution in [3.63, 3.8) is 0 Å². The van der Waals surface area contributed by atoms with Gasteiger partial charge < -0.3 is 10.6 Å². The highest BCUT2D eigenvalue weighted by Crippen LogP contribution is 2.21. The summed E-state index contributed by atoms with van der Waals surface area (Å²) in [6, 6.07) is 14.1. The van der Waals surface area contributed by atoms with Crippen LogP contribution in [-0.4, -0.2) is 11.8 Å². The third kappa shape index (κ3) is 4.32. The van der Waals surface area contributed by atoms with Gasteiger partial charge in [0.15, 0.2) is 0 Å². The average Bonchev–Trinajstić information content (AvgIpc) is 3.13. The number of amides is 2. The lowest BCUT2D eigenvalue weighted by Crippen LogP contribution is -2.13. The van der Waals surface area contributed by atoms with E-state index in [1.165, 1.54) is 23.5 Å². The zero-order chi connectivity index (χ0) is 17.8. The molecular formula is C18H12BrFN2O2S. The molecule has 0 aliphatic carbocycles. The molecule has 0 aliphatic heterocycles. The molecule has 0 unspecified atom stereocenters. The molecule has 0 atom stereocenters. The normalized spacial score (nSPS) is 10.3. The van der Waals surface area contributed by atoms with E-state index < -0.39 is 11.7 Å². The standard InChI is InChI=1S/C18H12BrFN2O2S/c19-15-8-3-11(20)10-14(15)17(23)21-12-4-6-13(7-5-12)22-18(24)16-2-1-9-25-16/h1-10H,(H,21,23)(H,22,24). The van der Waals surface area contributed by atoms with E-state index in [1.54, 1.807) is 30.3 Å². The fourth-order valence-electron chi connectivity index (χ4n) is 2.11. The number of rotatable bonds is 4. The van der Waals surface area contributed by atoms with Crippen LogP contribution in [-0.2, 0) is 0 Å². The van der Waals surface area contributed by atoms with Crippen molar-refractivity contribution >= 4 is 50.5 Å². The smallest absolute Gasteiger partial charge is 0.265 e. The van der Waals surface area contributed by atoms with Gasteiger partial charge in [0.25, 0.3) is 11.8 Å². The van der Waals surface area contributed by atoms with Crippen molar-refractivity contribution in [3.8, 4) is 0 Å². The monoisotopic (exact) mass is 418 g/mol. The number of anilines is 2. The van der Waals surface area contributed by atoms with Crippen molar-refractivity contribution in [2.24, 2.45) is 0 Å². The largest absolute Gasteiger partial charge is 0.322 e. The number of hydrogen-bond acceptors (Lipinski definition) is 3. The molecule has 7 heteroatoms. The highest BCUT2D eigenvalue weighted by molar-refractivity contribution is 9.10. The highest BCUT2D eigenvalue weighted by Gasteiger charge is 2.12. The lowest BCUT2D eigenvalue weighted by Gasteiger charge is -2.09. The fraction of sp³-hybridized carbons (Fsp3) is 0. The molecule has 1 heterocycles. The third-order valence-electron chi connectivity index (χ3n) is 3.32. The zero-order valence-corrected chi connectivity index (χ0v) is 15.2. The summed E-state index contributed by atoms with van der Waals surface area (Å²) in [5, 5.41) is 7.29. The zero-order valence-electron chi connectivity index (χ0n) is 12.8. The molecule has 0 radical (unpaired) electrons. The first-order valence-electron chi connectivity index (χ1n) is 7.24. The number of benzene rings is 2. The van der Waals surface area contributed by atoms with E-state index in [4.69, 9.17) is 0 Å². The molecule has 2 N–H and O–H groups in total. The van der Waals surface area contributed by atoms with Crippen LogP contribution in [0.1, 0.15) is 20.0 Å². The lowest BCUT2D eigenvalue weighted by atomic mass is 10.2. The Labute approximate surface area is 155 Å².